The van der Waals surface area contributed by atoms with E-state index in [2.05, 4.69) is 15.0 Å². The third kappa shape index (κ3) is 2.15. The van der Waals surface area contributed by atoms with Crippen LogP contribution in [0.1, 0.15) is 12.5 Å². The second-order valence-electron chi connectivity index (χ2n) is 5.64. The van der Waals surface area contributed by atoms with E-state index in [1.807, 2.05) is 19.0 Å². The average molecular weight is 293 g/mol. The zero-order chi connectivity index (χ0) is 15.1. The number of aliphatic hydroxyl groups excluding tert-OH is 3. The Hall–Kier alpha value is -1.77. The largest absolute Gasteiger partial charge is 0.396 e. The van der Waals surface area contributed by atoms with Gasteiger partial charge in [0.25, 0.3) is 0 Å². The Kier molecular flexibility index (Phi) is 3.52. The second-order valence-corrected chi connectivity index (χ2v) is 5.64. The summed E-state index contributed by atoms with van der Waals surface area (Å²) in [5, 5.41) is 29.4. The van der Waals surface area contributed by atoms with E-state index in [4.69, 9.17) is 0 Å². The number of anilines is 1. The van der Waals surface area contributed by atoms with Gasteiger partial charge in [0, 0.05) is 26.6 Å². The number of fused-ring (bicyclic) bond motifs is 1. The summed E-state index contributed by atoms with van der Waals surface area (Å²) in [4.78, 5) is 14.6. The predicted octanol–water partition coefficient (Wildman–Crippen LogP) is -0.833. The van der Waals surface area contributed by atoms with Crippen molar-refractivity contribution >= 4 is 17.0 Å². The van der Waals surface area contributed by atoms with Crippen LogP contribution in [0.3, 0.4) is 0 Å². The third-order valence-corrected chi connectivity index (χ3v) is 4.13. The topological polar surface area (TPSA) is 108 Å². The van der Waals surface area contributed by atoms with Crippen molar-refractivity contribution in [2.45, 2.75) is 24.7 Å². The van der Waals surface area contributed by atoms with Crippen molar-refractivity contribution in [2.75, 3.05) is 25.6 Å². The Labute approximate surface area is 121 Å². The van der Waals surface area contributed by atoms with Crippen LogP contribution in [0, 0.1) is 5.92 Å². The normalized spacial score (nSPS) is 29.2. The van der Waals surface area contributed by atoms with Gasteiger partial charge < -0.3 is 24.8 Å². The van der Waals surface area contributed by atoms with Crippen molar-refractivity contribution in [2.24, 2.45) is 5.92 Å². The maximum atomic E-state index is 10.2. The molecule has 0 aromatic carbocycles. The van der Waals surface area contributed by atoms with Crippen LogP contribution in [0.5, 0.6) is 0 Å². The minimum Gasteiger partial charge on any atom is -0.396 e. The first kappa shape index (κ1) is 14.2. The van der Waals surface area contributed by atoms with Gasteiger partial charge >= 0.3 is 0 Å². The van der Waals surface area contributed by atoms with Crippen molar-refractivity contribution in [1.82, 2.24) is 19.5 Å². The van der Waals surface area contributed by atoms with E-state index in [-0.39, 0.29) is 18.6 Å². The van der Waals surface area contributed by atoms with Gasteiger partial charge in [-0.1, -0.05) is 0 Å². The molecule has 0 spiro atoms. The predicted molar refractivity (Wildman–Crippen MR) is 75.9 cm³/mol. The SMILES string of the molecule is CN(C)c1ncnc2c1ncn2[C@H]1C[C@@H](CO)[C@H](O)[C@@H]1O. The Morgan fingerprint density at radius 1 is 1.24 bits per heavy atom. The van der Waals surface area contributed by atoms with Crippen LogP contribution in [0.15, 0.2) is 12.7 Å². The van der Waals surface area contributed by atoms with Crippen LogP contribution in [0.25, 0.3) is 11.2 Å². The molecule has 0 saturated heterocycles. The summed E-state index contributed by atoms with van der Waals surface area (Å²) >= 11 is 0. The van der Waals surface area contributed by atoms with Crippen LogP contribution in [-0.4, -0.2) is 67.7 Å². The molecule has 0 amide bonds. The summed E-state index contributed by atoms with van der Waals surface area (Å²) in [7, 11) is 3.74. The Bertz CT molecular complexity index is 644. The lowest BCUT2D eigenvalue weighted by Gasteiger charge is -2.18. The smallest absolute Gasteiger partial charge is 0.165 e. The van der Waals surface area contributed by atoms with Gasteiger partial charge in [-0.3, -0.25) is 0 Å². The molecule has 3 N–H and O–H groups in total. The molecular weight excluding hydrogens is 274 g/mol. The molecule has 2 aromatic heterocycles. The van der Waals surface area contributed by atoms with Crippen molar-refractivity contribution in [1.29, 1.82) is 0 Å². The molecular formula is C13H19N5O3. The lowest BCUT2D eigenvalue weighted by molar-refractivity contribution is -0.00370. The van der Waals surface area contributed by atoms with E-state index in [0.717, 1.165) is 0 Å². The van der Waals surface area contributed by atoms with Crippen molar-refractivity contribution in [3.8, 4) is 0 Å². The summed E-state index contributed by atoms with van der Waals surface area (Å²) in [6, 6.07) is -0.355. The summed E-state index contributed by atoms with van der Waals surface area (Å²) in [6.45, 7) is -0.153. The van der Waals surface area contributed by atoms with Gasteiger partial charge in [-0.05, 0) is 6.42 Å². The molecule has 21 heavy (non-hydrogen) atoms. The molecule has 2 aromatic rings. The summed E-state index contributed by atoms with van der Waals surface area (Å²) in [5.41, 5.74) is 1.26. The number of imidazole rings is 1. The quantitative estimate of drug-likeness (QED) is 0.677. The van der Waals surface area contributed by atoms with Gasteiger partial charge in [0.15, 0.2) is 17.0 Å². The van der Waals surface area contributed by atoms with Crippen LogP contribution in [0.2, 0.25) is 0 Å². The number of hydrogen-bond donors (Lipinski definition) is 3. The van der Waals surface area contributed by atoms with Gasteiger partial charge in [-0.2, -0.15) is 0 Å². The summed E-state index contributed by atoms with van der Waals surface area (Å²) in [6.07, 6.45) is 1.65. The summed E-state index contributed by atoms with van der Waals surface area (Å²) < 4.78 is 1.76. The molecule has 1 fully saturated rings. The Morgan fingerprint density at radius 3 is 2.62 bits per heavy atom. The standard InChI is InChI=1S/C13H19N5O3/c1-17(2)12-9-13(15-5-14-12)18(6-16-9)8-3-7(4-19)10(20)11(8)21/h5-8,10-11,19-21H,3-4H2,1-2H3/t7-,8-,10-,11+/m0/s1. The number of aromatic nitrogens is 4. The molecule has 0 aliphatic heterocycles. The molecule has 0 radical (unpaired) electrons. The first-order valence-corrected chi connectivity index (χ1v) is 6.86. The van der Waals surface area contributed by atoms with Gasteiger partial charge in [0.2, 0.25) is 0 Å². The highest BCUT2D eigenvalue weighted by atomic mass is 16.3. The minimum atomic E-state index is -0.947. The first-order valence-electron chi connectivity index (χ1n) is 6.86. The molecule has 0 bridgehead atoms. The molecule has 3 rings (SSSR count). The highest BCUT2D eigenvalue weighted by molar-refractivity contribution is 5.83. The zero-order valence-electron chi connectivity index (χ0n) is 12.0. The fourth-order valence-electron chi connectivity index (χ4n) is 2.97. The highest BCUT2D eigenvalue weighted by Crippen LogP contribution is 2.37. The Morgan fingerprint density at radius 2 is 2.00 bits per heavy atom. The fraction of sp³-hybridized carbons (Fsp3) is 0.615. The second kappa shape index (κ2) is 5.21. The van der Waals surface area contributed by atoms with E-state index >= 15 is 0 Å². The maximum Gasteiger partial charge on any atom is 0.165 e. The third-order valence-electron chi connectivity index (χ3n) is 4.13. The average Bonchev–Trinajstić information content (AvgIpc) is 3.01. The van der Waals surface area contributed by atoms with E-state index in [0.29, 0.717) is 23.4 Å². The van der Waals surface area contributed by atoms with E-state index in [9.17, 15) is 15.3 Å². The molecule has 8 nitrogen and oxygen atoms in total. The molecule has 0 unspecified atom stereocenters. The van der Waals surface area contributed by atoms with Crippen LogP contribution < -0.4 is 4.90 Å². The molecule has 1 aliphatic rings. The van der Waals surface area contributed by atoms with Crippen molar-refractivity contribution in [3.63, 3.8) is 0 Å². The van der Waals surface area contributed by atoms with Crippen molar-refractivity contribution in [3.05, 3.63) is 12.7 Å². The molecule has 2 heterocycles. The Balaban J connectivity index is 2.04. The van der Waals surface area contributed by atoms with E-state index in [1.54, 1.807) is 10.9 Å². The van der Waals surface area contributed by atoms with E-state index in [1.165, 1.54) is 6.33 Å². The van der Waals surface area contributed by atoms with Gasteiger partial charge in [-0.25, -0.2) is 15.0 Å². The van der Waals surface area contributed by atoms with E-state index < -0.39 is 12.2 Å². The molecule has 1 saturated carbocycles. The van der Waals surface area contributed by atoms with Crippen LogP contribution in [0.4, 0.5) is 5.82 Å². The van der Waals surface area contributed by atoms with Gasteiger partial charge in [-0.15, -0.1) is 0 Å². The fourth-order valence-corrected chi connectivity index (χ4v) is 2.97. The molecule has 114 valence electrons. The molecule has 8 heteroatoms. The van der Waals surface area contributed by atoms with Gasteiger partial charge in [0.05, 0.1) is 18.5 Å². The molecule has 1 aliphatic carbocycles. The van der Waals surface area contributed by atoms with Gasteiger partial charge in [0.1, 0.15) is 12.4 Å². The minimum absolute atomic E-state index is 0.153. The maximum absolute atomic E-state index is 10.2. The number of nitrogens with zero attached hydrogens (tertiary/aromatic N) is 5. The molecule has 4 atom stereocenters. The lowest BCUT2D eigenvalue weighted by Crippen LogP contribution is -2.30. The first-order chi connectivity index (χ1) is 10.0. The highest BCUT2D eigenvalue weighted by Gasteiger charge is 2.42. The van der Waals surface area contributed by atoms with Crippen LogP contribution in [-0.2, 0) is 0 Å². The number of rotatable bonds is 3. The van der Waals surface area contributed by atoms with Crippen LogP contribution >= 0.6 is 0 Å². The lowest BCUT2D eigenvalue weighted by atomic mass is 10.1. The summed E-state index contributed by atoms with van der Waals surface area (Å²) in [5.74, 6) is 0.364. The zero-order valence-corrected chi connectivity index (χ0v) is 12.0. The number of hydrogen-bond acceptors (Lipinski definition) is 7. The number of aliphatic hydroxyl groups is 3. The van der Waals surface area contributed by atoms with Crippen molar-refractivity contribution < 1.29 is 15.3 Å². The monoisotopic (exact) mass is 293 g/mol.